The summed E-state index contributed by atoms with van der Waals surface area (Å²) >= 11 is 0. The predicted molar refractivity (Wildman–Crippen MR) is 82.7 cm³/mol. The zero-order valence-corrected chi connectivity index (χ0v) is 12.2. The number of rotatable bonds is 3. The molecule has 0 saturated carbocycles. The lowest BCUT2D eigenvalue weighted by Gasteiger charge is -2.10. The van der Waals surface area contributed by atoms with Crippen LogP contribution < -0.4 is 11.1 Å². The number of carbonyl (C=O) groups excluding carboxylic acids is 1. The third-order valence-corrected chi connectivity index (χ3v) is 3.39. The van der Waals surface area contributed by atoms with Gasteiger partial charge in [0.15, 0.2) is 0 Å². The van der Waals surface area contributed by atoms with E-state index in [9.17, 15) is 4.79 Å². The Bertz CT molecular complexity index is 647. The molecular formula is C17H20N2O. The SMILES string of the molecule is Cc1cccc(CNC(=O)c2cc(N)c(C)cc2C)c1. The molecule has 3 N–H and O–H groups in total. The summed E-state index contributed by atoms with van der Waals surface area (Å²) in [5, 5.41) is 2.94. The molecule has 0 bridgehead atoms. The molecule has 0 aliphatic rings. The van der Waals surface area contributed by atoms with Crippen LogP contribution in [0.15, 0.2) is 36.4 Å². The van der Waals surface area contributed by atoms with Crippen LogP contribution in [-0.2, 0) is 6.54 Å². The van der Waals surface area contributed by atoms with Crippen molar-refractivity contribution >= 4 is 11.6 Å². The summed E-state index contributed by atoms with van der Waals surface area (Å²) in [6.07, 6.45) is 0. The van der Waals surface area contributed by atoms with Crippen molar-refractivity contribution < 1.29 is 4.79 Å². The van der Waals surface area contributed by atoms with E-state index >= 15 is 0 Å². The summed E-state index contributed by atoms with van der Waals surface area (Å²) in [5.74, 6) is -0.0873. The Hall–Kier alpha value is -2.29. The fraction of sp³-hybridized carbons (Fsp3) is 0.235. The van der Waals surface area contributed by atoms with E-state index in [1.807, 2.05) is 45.0 Å². The van der Waals surface area contributed by atoms with Gasteiger partial charge in [0.2, 0.25) is 0 Å². The van der Waals surface area contributed by atoms with Gasteiger partial charge >= 0.3 is 0 Å². The molecule has 3 heteroatoms. The smallest absolute Gasteiger partial charge is 0.251 e. The number of nitrogens with one attached hydrogen (secondary N) is 1. The van der Waals surface area contributed by atoms with Gasteiger partial charge < -0.3 is 11.1 Å². The molecule has 3 nitrogen and oxygen atoms in total. The highest BCUT2D eigenvalue weighted by Gasteiger charge is 2.10. The minimum Gasteiger partial charge on any atom is -0.398 e. The first-order valence-electron chi connectivity index (χ1n) is 6.68. The summed E-state index contributed by atoms with van der Waals surface area (Å²) in [7, 11) is 0. The van der Waals surface area contributed by atoms with Crippen LogP contribution in [0.1, 0.15) is 32.6 Å². The van der Waals surface area contributed by atoms with Crippen LogP contribution in [0.25, 0.3) is 0 Å². The highest BCUT2D eigenvalue weighted by atomic mass is 16.1. The minimum absolute atomic E-state index is 0.0873. The monoisotopic (exact) mass is 268 g/mol. The van der Waals surface area contributed by atoms with Gasteiger partial charge in [-0.3, -0.25) is 4.79 Å². The molecule has 0 heterocycles. The number of hydrogen-bond donors (Lipinski definition) is 2. The molecule has 2 aromatic rings. The molecule has 0 atom stereocenters. The molecule has 0 aromatic heterocycles. The van der Waals surface area contributed by atoms with Crippen molar-refractivity contribution in [3.8, 4) is 0 Å². The van der Waals surface area contributed by atoms with Crippen molar-refractivity contribution in [2.24, 2.45) is 0 Å². The average Bonchev–Trinajstić information content (AvgIpc) is 2.40. The number of aryl methyl sites for hydroxylation is 3. The summed E-state index contributed by atoms with van der Waals surface area (Å²) in [4.78, 5) is 12.2. The Labute approximate surface area is 119 Å². The van der Waals surface area contributed by atoms with E-state index in [0.717, 1.165) is 16.7 Å². The van der Waals surface area contributed by atoms with Gasteiger partial charge in [0.1, 0.15) is 0 Å². The molecule has 0 fully saturated rings. The first-order chi connectivity index (χ1) is 9.47. The molecule has 2 aromatic carbocycles. The van der Waals surface area contributed by atoms with Crippen LogP contribution in [0, 0.1) is 20.8 Å². The van der Waals surface area contributed by atoms with Gasteiger partial charge in [-0.1, -0.05) is 35.9 Å². The standard InChI is InChI=1S/C17H20N2O/c1-11-5-4-6-14(7-11)10-19-17(20)15-9-16(18)13(3)8-12(15)2/h4-9H,10,18H2,1-3H3,(H,19,20). The maximum Gasteiger partial charge on any atom is 0.251 e. The van der Waals surface area contributed by atoms with E-state index in [-0.39, 0.29) is 5.91 Å². The van der Waals surface area contributed by atoms with E-state index in [1.54, 1.807) is 6.07 Å². The summed E-state index contributed by atoms with van der Waals surface area (Å²) in [6, 6.07) is 11.8. The van der Waals surface area contributed by atoms with Gasteiger partial charge in [-0.15, -0.1) is 0 Å². The molecule has 0 saturated heterocycles. The van der Waals surface area contributed by atoms with Crippen molar-refractivity contribution in [1.82, 2.24) is 5.32 Å². The third-order valence-electron chi connectivity index (χ3n) is 3.39. The Morgan fingerprint density at radius 1 is 1.10 bits per heavy atom. The molecule has 104 valence electrons. The van der Waals surface area contributed by atoms with E-state index < -0.39 is 0 Å². The van der Waals surface area contributed by atoms with E-state index in [4.69, 9.17) is 5.73 Å². The van der Waals surface area contributed by atoms with Gasteiger partial charge in [0.25, 0.3) is 5.91 Å². The van der Waals surface area contributed by atoms with Crippen molar-refractivity contribution in [2.75, 3.05) is 5.73 Å². The number of hydrogen-bond acceptors (Lipinski definition) is 2. The van der Waals surface area contributed by atoms with Crippen molar-refractivity contribution in [3.05, 3.63) is 64.2 Å². The quantitative estimate of drug-likeness (QED) is 0.840. The first kappa shape index (κ1) is 14.1. The van der Waals surface area contributed by atoms with Crippen LogP contribution in [0.3, 0.4) is 0 Å². The molecule has 1 amide bonds. The number of benzene rings is 2. The van der Waals surface area contributed by atoms with Gasteiger partial charge in [-0.2, -0.15) is 0 Å². The highest BCUT2D eigenvalue weighted by molar-refractivity contribution is 5.96. The van der Waals surface area contributed by atoms with Crippen molar-refractivity contribution in [2.45, 2.75) is 27.3 Å². The van der Waals surface area contributed by atoms with E-state index in [1.165, 1.54) is 5.56 Å². The second kappa shape index (κ2) is 5.78. The zero-order chi connectivity index (χ0) is 14.7. The van der Waals surface area contributed by atoms with Crippen LogP contribution in [0.4, 0.5) is 5.69 Å². The Kier molecular flexibility index (Phi) is 4.08. The number of nitrogens with two attached hydrogens (primary N) is 1. The second-order valence-electron chi connectivity index (χ2n) is 5.20. The molecule has 0 unspecified atom stereocenters. The van der Waals surface area contributed by atoms with Crippen LogP contribution in [-0.4, -0.2) is 5.91 Å². The Balaban J connectivity index is 2.11. The normalized spacial score (nSPS) is 10.3. The van der Waals surface area contributed by atoms with Gasteiger partial charge in [-0.25, -0.2) is 0 Å². The second-order valence-corrected chi connectivity index (χ2v) is 5.20. The lowest BCUT2D eigenvalue weighted by Crippen LogP contribution is -2.24. The molecule has 0 radical (unpaired) electrons. The zero-order valence-electron chi connectivity index (χ0n) is 12.2. The van der Waals surface area contributed by atoms with Crippen LogP contribution >= 0.6 is 0 Å². The molecule has 20 heavy (non-hydrogen) atoms. The first-order valence-corrected chi connectivity index (χ1v) is 6.68. The predicted octanol–water partition coefficient (Wildman–Crippen LogP) is 3.12. The van der Waals surface area contributed by atoms with Crippen molar-refractivity contribution in [1.29, 1.82) is 0 Å². The summed E-state index contributed by atoms with van der Waals surface area (Å²) in [6.45, 7) is 6.43. The summed E-state index contributed by atoms with van der Waals surface area (Å²) in [5.41, 5.74) is 11.4. The number of anilines is 1. The average molecular weight is 268 g/mol. The van der Waals surface area contributed by atoms with Gasteiger partial charge in [0, 0.05) is 17.8 Å². The highest BCUT2D eigenvalue weighted by Crippen LogP contribution is 2.17. The molecule has 0 aliphatic carbocycles. The fourth-order valence-electron chi connectivity index (χ4n) is 2.21. The maximum atomic E-state index is 12.2. The molecular weight excluding hydrogens is 248 g/mol. The number of carbonyl (C=O) groups is 1. The number of amides is 1. The summed E-state index contributed by atoms with van der Waals surface area (Å²) < 4.78 is 0. The lowest BCUT2D eigenvalue weighted by atomic mass is 10.0. The molecule has 0 aliphatic heterocycles. The van der Waals surface area contributed by atoms with Crippen molar-refractivity contribution in [3.63, 3.8) is 0 Å². The number of nitrogen functional groups attached to an aromatic ring is 1. The largest absolute Gasteiger partial charge is 0.398 e. The minimum atomic E-state index is -0.0873. The third kappa shape index (κ3) is 3.18. The van der Waals surface area contributed by atoms with Crippen LogP contribution in [0.5, 0.6) is 0 Å². The van der Waals surface area contributed by atoms with Crippen LogP contribution in [0.2, 0.25) is 0 Å². The van der Waals surface area contributed by atoms with E-state index in [0.29, 0.717) is 17.8 Å². The molecule has 0 spiro atoms. The fourth-order valence-corrected chi connectivity index (χ4v) is 2.21. The lowest BCUT2D eigenvalue weighted by molar-refractivity contribution is 0.0950. The topological polar surface area (TPSA) is 55.1 Å². The Morgan fingerprint density at radius 3 is 2.55 bits per heavy atom. The maximum absolute atomic E-state index is 12.2. The van der Waals surface area contributed by atoms with Gasteiger partial charge in [-0.05, 0) is 43.5 Å². The molecule has 2 rings (SSSR count). The van der Waals surface area contributed by atoms with E-state index in [2.05, 4.69) is 11.4 Å². The van der Waals surface area contributed by atoms with Gasteiger partial charge in [0.05, 0.1) is 0 Å². The Morgan fingerprint density at radius 2 is 1.85 bits per heavy atom.